The standard InChI is InChI=1S/C10H7Cl2N/c1-6-4-13-5-7-2-8(11)3-9(12)10(6)7/h2-5H,1H3. The minimum atomic E-state index is 0.643. The highest BCUT2D eigenvalue weighted by Gasteiger charge is 2.03. The van der Waals surface area contributed by atoms with E-state index in [-0.39, 0.29) is 0 Å². The van der Waals surface area contributed by atoms with Gasteiger partial charge in [-0.05, 0) is 24.6 Å². The molecule has 0 aliphatic rings. The van der Waals surface area contributed by atoms with Crippen LogP contribution in [0.4, 0.5) is 0 Å². The topological polar surface area (TPSA) is 12.9 Å². The van der Waals surface area contributed by atoms with Crippen molar-refractivity contribution in [3.63, 3.8) is 0 Å². The molecule has 0 bridgehead atoms. The van der Waals surface area contributed by atoms with Crippen LogP contribution in [0.25, 0.3) is 10.8 Å². The predicted octanol–water partition coefficient (Wildman–Crippen LogP) is 3.85. The van der Waals surface area contributed by atoms with Gasteiger partial charge in [0.15, 0.2) is 0 Å². The number of rotatable bonds is 0. The van der Waals surface area contributed by atoms with Crippen LogP contribution in [-0.4, -0.2) is 4.98 Å². The monoisotopic (exact) mass is 211 g/mol. The Labute approximate surface area is 86.3 Å². The summed E-state index contributed by atoms with van der Waals surface area (Å²) in [6.07, 6.45) is 3.56. The van der Waals surface area contributed by atoms with Crippen LogP contribution < -0.4 is 0 Å². The van der Waals surface area contributed by atoms with Gasteiger partial charge in [0.05, 0.1) is 5.02 Å². The molecule has 0 radical (unpaired) electrons. The molecule has 3 heteroatoms. The SMILES string of the molecule is Cc1cncc2cc(Cl)cc(Cl)c12. The Kier molecular flexibility index (Phi) is 2.14. The minimum absolute atomic E-state index is 0.643. The molecule has 1 aromatic carbocycles. The van der Waals surface area contributed by atoms with Crippen LogP contribution >= 0.6 is 23.2 Å². The van der Waals surface area contributed by atoms with E-state index in [1.54, 1.807) is 18.5 Å². The van der Waals surface area contributed by atoms with Gasteiger partial charge >= 0.3 is 0 Å². The number of hydrogen-bond acceptors (Lipinski definition) is 1. The van der Waals surface area contributed by atoms with Crippen LogP contribution in [-0.2, 0) is 0 Å². The lowest BCUT2D eigenvalue weighted by molar-refractivity contribution is 1.31. The molecule has 1 aromatic heterocycles. The van der Waals surface area contributed by atoms with E-state index in [4.69, 9.17) is 23.2 Å². The van der Waals surface area contributed by atoms with Crippen molar-refractivity contribution in [2.75, 3.05) is 0 Å². The van der Waals surface area contributed by atoms with Crippen LogP contribution in [0.2, 0.25) is 10.0 Å². The minimum Gasteiger partial charge on any atom is -0.264 e. The summed E-state index contributed by atoms with van der Waals surface area (Å²) < 4.78 is 0. The summed E-state index contributed by atoms with van der Waals surface area (Å²) in [4.78, 5) is 4.08. The molecule has 0 fully saturated rings. The van der Waals surface area contributed by atoms with Crippen molar-refractivity contribution < 1.29 is 0 Å². The maximum Gasteiger partial charge on any atom is 0.0503 e. The highest BCUT2D eigenvalue weighted by atomic mass is 35.5. The van der Waals surface area contributed by atoms with Gasteiger partial charge in [-0.15, -0.1) is 0 Å². The average Bonchev–Trinajstić information content (AvgIpc) is 2.02. The molecule has 1 heterocycles. The number of fused-ring (bicyclic) bond motifs is 1. The third-order valence-electron chi connectivity index (χ3n) is 1.96. The zero-order valence-electron chi connectivity index (χ0n) is 7.01. The van der Waals surface area contributed by atoms with Crippen molar-refractivity contribution in [3.8, 4) is 0 Å². The zero-order chi connectivity index (χ0) is 9.42. The number of hydrogen-bond donors (Lipinski definition) is 0. The van der Waals surface area contributed by atoms with Crippen molar-refractivity contribution in [2.45, 2.75) is 6.92 Å². The third-order valence-corrected chi connectivity index (χ3v) is 2.48. The zero-order valence-corrected chi connectivity index (χ0v) is 8.52. The first-order valence-corrected chi connectivity index (χ1v) is 4.63. The Morgan fingerprint density at radius 2 is 1.92 bits per heavy atom. The first-order chi connectivity index (χ1) is 6.18. The van der Waals surface area contributed by atoms with E-state index in [1.165, 1.54) is 0 Å². The van der Waals surface area contributed by atoms with Gasteiger partial charge in [-0.2, -0.15) is 0 Å². The van der Waals surface area contributed by atoms with Crippen LogP contribution in [0.5, 0.6) is 0 Å². The molecule has 0 saturated carbocycles. The average molecular weight is 212 g/mol. The van der Waals surface area contributed by atoms with Gasteiger partial charge in [0.2, 0.25) is 0 Å². The van der Waals surface area contributed by atoms with Gasteiger partial charge in [-0.3, -0.25) is 4.98 Å². The van der Waals surface area contributed by atoms with E-state index < -0.39 is 0 Å². The quantitative estimate of drug-likeness (QED) is 0.646. The third kappa shape index (κ3) is 1.50. The number of nitrogens with zero attached hydrogens (tertiary/aromatic N) is 1. The molecule has 0 N–H and O–H groups in total. The Morgan fingerprint density at radius 3 is 2.69 bits per heavy atom. The molecule has 2 rings (SSSR count). The van der Waals surface area contributed by atoms with Crippen LogP contribution in [0, 0.1) is 6.92 Å². The summed E-state index contributed by atoms with van der Waals surface area (Å²) in [7, 11) is 0. The summed E-state index contributed by atoms with van der Waals surface area (Å²) in [5.41, 5.74) is 1.07. The van der Waals surface area contributed by atoms with Gasteiger partial charge in [0, 0.05) is 28.2 Å². The number of aromatic nitrogens is 1. The maximum absolute atomic E-state index is 6.06. The molecule has 66 valence electrons. The van der Waals surface area contributed by atoms with E-state index in [0.717, 1.165) is 16.3 Å². The normalized spacial score (nSPS) is 10.7. The molecule has 0 saturated heterocycles. The smallest absolute Gasteiger partial charge is 0.0503 e. The molecule has 0 spiro atoms. The van der Waals surface area contributed by atoms with Crippen LogP contribution in [0.1, 0.15) is 5.56 Å². The van der Waals surface area contributed by atoms with E-state index >= 15 is 0 Å². The lowest BCUT2D eigenvalue weighted by Gasteiger charge is -2.03. The maximum atomic E-state index is 6.06. The summed E-state index contributed by atoms with van der Waals surface area (Å²) in [5, 5.41) is 3.34. The number of pyridine rings is 1. The second kappa shape index (κ2) is 3.17. The largest absolute Gasteiger partial charge is 0.264 e. The van der Waals surface area contributed by atoms with Crippen molar-refractivity contribution in [1.29, 1.82) is 0 Å². The molecule has 0 aliphatic carbocycles. The summed E-state index contributed by atoms with van der Waals surface area (Å²) in [6, 6.07) is 3.61. The van der Waals surface area contributed by atoms with Gasteiger partial charge < -0.3 is 0 Å². The van der Waals surface area contributed by atoms with E-state index in [9.17, 15) is 0 Å². The molecule has 1 nitrogen and oxygen atoms in total. The van der Waals surface area contributed by atoms with E-state index in [2.05, 4.69) is 4.98 Å². The lowest BCUT2D eigenvalue weighted by atomic mass is 10.1. The van der Waals surface area contributed by atoms with Gasteiger partial charge in [0.1, 0.15) is 0 Å². The summed E-state index contributed by atoms with van der Waals surface area (Å²) in [6.45, 7) is 1.98. The van der Waals surface area contributed by atoms with Gasteiger partial charge in [-0.1, -0.05) is 23.2 Å². The van der Waals surface area contributed by atoms with E-state index in [1.807, 2.05) is 13.0 Å². The Hall–Kier alpha value is -0.790. The highest BCUT2D eigenvalue weighted by Crippen LogP contribution is 2.29. The first-order valence-electron chi connectivity index (χ1n) is 3.88. The van der Waals surface area contributed by atoms with Crippen molar-refractivity contribution in [2.24, 2.45) is 0 Å². The van der Waals surface area contributed by atoms with Gasteiger partial charge in [-0.25, -0.2) is 0 Å². The second-order valence-corrected chi connectivity index (χ2v) is 3.79. The molecule has 0 amide bonds. The molecular weight excluding hydrogens is 205 g/mol. The second-order valence-electron chi connectivity index (χ2n) is 2.94. The van der Waals surface area contributed by atoms with Crippen molar-refractivity contribution in [1.82, 2.24) is 4.98 Å². The highest BCUT2D eigenvalue weighted by molar-refractivity contribution is 6.38. The van der Waals surface area contributed by atoms with Gasteiger partial charge in [0.25, 0.3) is 0 Å². The molecule has 0 unspecified atom stereocenters. The number of benzene rings is 1. The predicted molar refractivity (Wildman–Crippen MR) is 56.5 cm³/mol. The summed E-state index contributed by atoms with van der Waals surface area (Å²) in [5.74, 6) is 0. The molecular formula is C10H7Cl2N. The van der Waals surface area contributed by atoms with Crippen molar-refractivity contribution >= 4 is 34.0 Å². The number of halogens is 2. The van der Waals surface area contributed by atoms with E-state index in [0.29, 0.717) is 10.0 Å². The molecule has 0 aliphatic heterocycles. The van der Waals surface area contributed by atoms with Crippen LogP contribution in [0.15, 0.2) is 24.5 Å². The Morgan fingerprint density at radius 1 is 1.15 bits per heavy atom. The fraction of sp³-hybridized carbons (Fsp3) is 0.100. The summed E-state index contributed by atoms with van der Waals surface area (Å²) >= 11 is 11.9. The Balaban J connectivity index is 2.94. The fourth-order valence-electron chi connectivity index (χ4n) is 1.41. The first kappa shape index (κ1) is 8.79. The number of aryl methyl sites for hydroxylation is 1. The fourth-order valence-corrected chi connectivity index (χ4v) is 2.06. The Bertz CT molecular complexity index is 466. The van der Waals surface area contributed by atoms with Crippen LogP contribution in [0.3, 0.4) is 0 Å². The lowest BCUT2D eigenvalue weighted by Crippen LogP contribution is -1.82. The molecule has 2 aromatic rings. The molecule has 13 heavy (non-hydrogen) atoms. The molecule has 0 atom stereocenters. The van der Waals surface area contributed by atoms with Crippen molar-refractivity contribution in [3.05, 3.63) is 40.1 Å².